The Balaban J connectivity index is 1.84. The van der Waals surface area contributed by atoms with E-state index >= 15 is 0 Å². The molecule has 2 heteroatoms. The van der Waals surface area contributed by atoms with Crippen LogP contribution in [0.15, 0.2) is 84.9 Å². The van der Waals surface area contributed by atoms with E-state index in [0.29, 0.717) is 13.0 Å². The van der Waals surface area contributed by atoms with Gasteiger partial charge in [0.1, 0.15) is 0 Å². The molecule has 113 valence electrons. The number of benzene rings is 3. The summed E-state index contributed by atoms with van der Waals surface area (Å²) < 4.78 is 0. The highest BCUT2D eigenvalue weighted by Crippen LogP contribution is 2.18. The fraction of sp³-hybridized carbons (Fsp3) is 0.0952. The smallest absolute Gasteiger partial charge is 0.231 e. The van der Waals surface area contributed by atoms with Crippen LogP contribution < -0.4 is 4.90 Å². The summed E-state index contributed by atoms with van der Waals surface area (Å²) in [5.74, 6) is 0.0891. The van der Waals surface area contributed by atoms with Crippen LogP contribution in [0.4, 0.5) is 5.69 Å². The Morgan fingerprint density at radius 1 is 0.783 bits per heavy atom. The SMILES string of the molecule is O=C(Cc1ccccc1)N(Cc1ccccc1)c1cc[c]cc1. The number of carbonyl (C=O) groups is 1. The number of hydrogen-bond donors (Lipinski definition) is 0. The Kier molecular flexibility index (Phi) is 4.85. The van der Waals surface area contributed by atoms with Crippen molar-refractivity contribution >= 4 is 11.6 Å². The number of rotatable bonds is 5. The second-order valence-electron chi connectivity index (χ2n) is 5.39. The molecular formula is C21H18NO. The molecule has 0 aliphatic heterocycles. The van der Waals surface area contributed by atoms with Gasteiger partial charge in [-0.2, -0.15) is 0 Å². The minimum absolute atomic E-state index is 0.0891. The molecule has 0 N–H and O–H groups in total. The van der Waals surface area contributed by atoms with E-state index in [1.165, 1.54) is 0 Å². The maximum absolute atomic E-state index is 12.8. The van der Waals surface area contributed by atoms with Crippen molar-refractivity contribution in [2.75, 3.05) is 4.90 Å². The summed E-state index contributed by atoms with van der Waals surface area (Å²) in [6, 6.07) is 30.4. The number of amides is 1. The van der Waals surface area contributed by atoms with Crippen molar-refractivity contribution in [1.29, 1.82) is 0 Å². The van der Waals surface area contributed by atoms with Gasteiger partial charge in [0.05, 0.1) is 13.0 Å². The molecule has 1 radical (unpaired) electrons. The van der Waals surface area contributed by atoms with Gasteiger partial charge in [-0.15, -0.1) is 0 Å². The van der Waals surface area contributed by atoms with Crippen LogP contribution in [0.3, 0.4) is 0 Å². The van der Waals surface area contributed by atoms with Crippen molar-refractivity contribution in [2.24, 2.45) is 0 Å². The van der Waals surface area contributed by atoms with Gasteiger partial charge in [0, 0.05) is 5.69 Å². The van der Waals surface area contributed by atoms with Gasteiger partial charge in [-0.05, 0) is 29.3 Å². The molecule has 0 heterocycles. The van der Waals surface area contributed by atoms with Crippen molar-refractivity contribution in [2.45, 2.75) is 13.0 Å². The lowest BCUT2D eigenvalue weighted by molar-refractivity contribution is -0.118. The van der Waals surface area contributed by atoms with Gasteiger partial charge in [0.2, 0.25) is 5.91 Å². The molecule has 3 rings (SSSR count). The maximum atomic E-state index is 12.8. The average molecular weight is 300 g/mol. The van der Waals surface area contributed by atoms with Crippen LogP contribution in [0.1, 0.15) is 11.1 Å². The van der Waals surface area contributed by atoms with E-state index in [0.717, 1.165) is 16.8 Å². The van der Waals surface area contributed by atoms with E-state index in [2.05, 4.69) is 6.07 Å². The van der Waals surface area contributed by atoms with Crippen LogP contribution in [0, 0.1) is 6.07 Å². The monoisotopic (exact) mass is 300 g/mol. The lowest BCUT2D eigenvalue weighted by Gasteiger charge is -2.23. The van der Waals surface area contributed by atoms with Gasteiger partial charge < -0.3 is 4.90 Å². The lowest BCUT2D eigenvalue weighted by atomic mass is 10.1. The van der Waals surface area contributed by atoms with E-state index in [1.54, 1.807) is 0 Å². The summed E-state index contributed by atoms with van der Waals surface area (Å²) in [7, 11) is 0. The highest BCUT2D eigenvalue weighted by Gasteiger charge is 2.16. The van der Waals surface area contributed by atoms with Crippen LogP contribution in [0.2, 0.25) is 0 Å². The normalized spacial score (nSPS) is 10.3. The van der Waals surface area contributed by atoms with Gasteiger partial charge in [-0.1, -0.05) is 72.8 Å². The molecule has 2 nitrogen and oxygen atoms in total. The van der Waals surface area contributed by atoms with Crippen molar-refractivity contribution < 1.29 is 4.79 Å². The molecule has 3 aromatic carbocycles. The zero-order chi connectivity index (χ0) is 15.9. The van der Waals surface area contributed by atoms with Crippen LogP contribution >= 0.6 is 0 Å². The van der Waals surface area contributed by atoms with E-state index in [4.69, 9.17) is 0 Å². The fourth-order valence-electron chi connectivity index (χ4n) is 2.51. The highest BCUT2D eigenvalue weighted by molar-refractivity contribution is 5.94. The third-order valence-corrected chi connectivity index (χ3v) is 3.70. The maximum Gasteiger partial charge on any atom is 0.231 e. The molecule has 0 unspecified atom stereocenters. The van der Waals surface area contributed by atoms with Gasteiger partial charge in [0.25, 0.3) is 0 Å². The number of anilines is 1. The molecule has 0 fully saturated rings. The highest BCUT2D eigenvalue weighted by atomic mass is 16.2. The van der Waals surface area contributed by atoms with Gasteiger partial charge >= 0.3 is 0 Å². The Labute approximate surface area is 137 Å². The van der Waals surface area contributed by atoms with Crippen LogP contribution in [-0.2, 0) is 17.8 Å². The van der Waals surface area contributed by atoms with E-state index in [-0.39, 0.29) is 5.91 Å². The molecule has 0 bridgehead atoms. The summed E-state index contributed by atoms with van der Waals surface area (Å²) in [6.45, 7) is 0.566. The Bertz CT molecular complexity index is 739. The molecule has 23 heavy (non-hydrogen) atoms. The third kappa shape index (κ3) is 4.07. The van der Waals surface area contributed by atoms with Crippen molar-refractivity contribution in [3.8, 4) is 0 Å². The molecule has 0 aromatic heterocycles. The molecule has 1 amide bonds. The van der Waals surface area contributed by atoms with Gasteiger partial charge in [0.15, 0.2) is 0 Å². The quantitative estimate of drug-likeness (QED) is 0.689. The molecular weight excluding hydrogens is 282 g/mol. The number of carbonyl (C=O) groups excluding carboxylic acids is 1. The first kappa shape index (κ1) is 15.0. The van der Waals surface area contributed by atoms with E-state index in [1.807, 2.05) is 89.8 Å². The Morgan fingerprint density at radius 2 is 1.35 bits per heavy atom. The summed E-state index contributed by atoms with van der Waals surface area (Å²) in [5.41, 5.74) is 3.04. The predicted octanol–water partition coefficient (Wildman–Crippen LogP) is 4.26. The van der Waals surface area contributed by atoms with Crippen molar-refractivity contribution in [1.82, 2.24) is 0 Å². The second kappa shape index (κ2) is 7.41. The minimum atomic E-state index is 0.0891. The molecule has 0 aliphatic rings. The average Bonchev–Trinajstić information content (AvgIpc) is 2.62. The zero-order valence-corrected chi connectivity index (χ0v) is 12.9. The topological polar surface area (TPSA) is 20.3 Å². The summed E-state index contributed by atoms with van der Waals surface area (Å²) in [4.78, 5) is 14.7. The first-order chi connectivity index (χ1) is 11.3. The van der Waals surface area contributed by atoms with Crippen LogP contribution in [0.25, 0.3) is 0 Å². The van der Waals surface area contributed by atoms with Crippen LogP contribution in [-0.4, -0.2) is 5.91 Å². The largest absolute Gasteiger partial charge is 0.308 e. The van der Waals surface area contributed by atoms with Gasteiger partial charge in [-0.25, -0.2) is 0 Å². The lowest BCUT2D eigenvalue weighted by Crippen LogP contribution is -2.31. The van der Waals surface area contributed by atoms with Crippen LogP contribution in [0.5, 0.6) is 0 Å². The van der Waals surface area contributed by atoms with Crippen molar-refractivity contribution in [3.05, 3.63) is 102 Å². The molecule has 0 atom stereocenters. The van der Waals surface area contributed by atoms with Crippen molar-refractivity contribution in [3.63, 3.8) is 0 Å². The van der Waals surface area contributed by atoms with E-state index < -0.39 is 0 Å². The fourth-order valence-corrected chi connectivity index (χ4v) is 2.51. The summed E-state index contributed by atoms with van der Waals surface area (Å²) >= 11 is 0. The summed E-state index contributed by atoms with van der Waals surface area (Å²) in [5, 5.41) is 0. The Morgan fingerprint density at radius 3 is 1.96 bits per heavy atom. The molecule has 3 aromatic rings. The predicted molar refractivity (Wildman–Crippen MR) is 93.1 cm³/mol. The zero-order valence-electron chi connectivity index (χ0n) is 12.9. The third-order valence-electron chi connectivity index (χ3n) is 3.70. The minimum Gasteiger partial charge on any atom is -0.308 e. The molecule has 0 saturated heterocycles. The Hall–Kier alpha value is -2.87. The summed E-state index contributed by atoms with van der Waals surface area (Å²) in [6.07, 6.45) is 0.395. The second-order valence-corrected chi connectivity index (χ2v) is 5.39. The number of nitrogens with zero attached hydrogens (tertiary/aromatic N) is 1. The van der Waals surface area contributed by atoms with E-state index in [9.17, 15) is 4.79 Å². The first-order valence-corrected chi connectivity index (χ1v) is 7.67. The number of hydrogen-bond acceptors (Lipinski definition) is 1. The molecule has 0 saturated carbocycles. The first-order valence-electron chi connectivity index (χ1n) is 7.67. The molecule has 0 aliphatic carbocycles. The van der Waals surface area contributed by atoms with Gasteiger partial charge in [-0.3, -0.25) is 4.79 Å². The molecule has 0 spiro atoms. The standard InChI is InChI=1S/C21H18NO/c23-21(16-18-10-4-1-5-11-18)22(20-14-8-3-9-15-20)17-19-12-6-2-7-13-19/h1-2,4-15H,16-17H2.